The van der Waals surface area contributed by atoms with Crippen molar-refractivity contribution in [2.75, 3.05) is 0 Å². The number of aliphatic carboxylic acids is 1. The van der Waals surface area contributed by atoms with Crippen LogP contribution in [0, 0.1) is 17.3 Å². The number of hydrogen-bond acceptors (Lipinski definition) is 2. The average Bonchev–Trinajstić information content (AvgIpc) is 2.61. The zero-order valence-electron chi connectivity index (χ0n) is 8.70. The third-order valence-corrected chi connectivity index (χ3v) is 4.33. The van der Waals surface area contributed by atoms with Crippen molar-refractivity contribution in [2.24, 2.45) is 23.0 Å². The molecule has 2 aliphatic carbocycles. The van der Waals surface area contributed by atoms with Crippen LogP contribution in [0.15, 0.2) is 0 Å². The van der Waals surface area contributed by atoms with Crippen LogP contribution in [0.5, 0.6) is 0 Å². The molecule has 2 rings (SSSR count). The first-order valence-electron chi connectivity index (χ1n) is 5.54. The van der Waals surface area contributed by atoms with Crippen LogP contribution in [-0.2, 0) is 4.79 Å². The lowest BCUT2D eigenvalue weighted by Gasteiger charge is -2.33. The van der Waals surface area contributed by atoms with Crippen molar-refractivity contribution in [3.8, 4) is 0 Å². The van der Waals surface area contributed by atoms with Gasteiger partial charge >= 0.3 is 5.97 Å². The molecular formula is C11H19NO2. The van der Waals surface area contributed by atoms with Gasteiger partial charge in [0, 0.05) is 6.04 Å². The van der Waals surface area contributed by atoms with Crippen molar-refractivity contribution in [3.05, 3.63) is 0 Å². The van der Waals surface area contributed by atoms with Crippen LogP contribution in [0.3, 0.4) is 0 Å². The minimum Gasteiger partial charge on any atom is -0.481 e. The largest absolute Gasteiger partial charge is 0.481 e. The normalized spacial score (nSPS) is 47.4. The van der Waals surface area contributed by atoms with Gasteiger partial charge in [-0.3, -0.25) is 4.79 Å². The number of carboxylic acid groups (broad SMARTS) is 1. The molecule has 3 heteroatoms. The summed E-state index contributed by atoms with van der Waals surface area (Å²) in [6.07, 6.45) is 4.86. The summed E-state index contributed by atoms with van der Waals surface area (Å²) in [7, 11) is 0. The lowest BCUT2D eigenvalue weighted by molar-refractivity contribution is -0.145. The van der Waals surface area contributed by atoms with Gasteiger partial charge in [0.05, 0.1) is 5.92 Å². The molecule has 1 spiro atoms. The number of rotatable bonds is 1. The first-order chi connectivity index (χ1) is 6.56. The number of carbonyl (C=O) groups is 1. The Bertz CT molecular complexity index is 254. The second-order valence-corrected chi connectivity index (χ2v) is 5.16. The van der Waals surface area contributed by atoms with E-state index in [4.69, 9.17) is 5.73 Å². The Morgan fingerprint density at radius 2 is 2.14 bits per heavy atom. The number of nitrogens with two attached hydrogens (primary N) is 1. The van der Waals surface area contributed by atoms with E-state index in [1.165, 1.54) is 0 Å². The summed E-state index contributed by atoms with van der Waals surface area (Å²) in [6.45, 7) is 2.21. The van der Waals surface area contributed by atoms with Gasteiger partial charge in [0.25, 0.3) is 0 Å². The Morgan fingerprint density at radius 1 is 1.43 bits per heavy atom. The second kappa shape index (κ2) is 3.23. The lowest BCUT2D eigenvalue weighted by Crippen LogP contribution is -2.41. The fraction of sp³-hybridized carbons (Fsp3) is 0.909. The first kappa shape index (κ1) is 9.97. The highest BCUT2D eigenvalue weighted by molar-refractivity contribution is 5.72. The van der Waals surface area contributed by atoms with E-state index in [0.717, 1.165) is 32.1 Å². The van der Waals surface area contributed by atoms with E-state index < -0.39 is 5.97 Å². The van der Waals surface area contributed by atoms with Gasteiger partial charge in [0.2, 0.25) is 0 Å². The molecule has 4 unspecified atom stereocenters. The van der Waals surface area contributed by atoms with E-state index in [1.54, 1.807) is 0 Å². The SMILES string of the molecule is CC1CCC2(C1)C(N)CCC2C(=O)O. The zero-order chi connectivity index (χ0) is 10.3. The molecule has 0 bridgehead atoms. The van der Waals surface area contributed by atoms with E-state index in [1.807, 2.05) is 0 Å². The molecule has 14 heavy (non-hydrogen) atoms. The molecule has 0 aromatic heterocycles. The maximum atomic E-state index is 11.2. The van der Waals surface area contributed by atoms with Crippen molar-refractivity contribution in [3.63, 3.8) is 0 Å². The average molecular weight is 197 g/mol. The topological polar surface area (TPSA) is 63.3 Å². The molecule has 2 fully saturated rings. The predicted octanol–water partition coefficient (Wildman–Crippen LogP) is 1.61. The van der Waals surface area contributed by atoms with Gasteiger partial charge in [-0.15, -0.1) is 0 Å². The Hall–Kier alpha value is -0.570. The van der Waals surface area contributed by atoms with Crippen LogP contribution >= 0.6 is 0 Å². The molecule has 80 valence electrons. The third-order valence-electron chi connectivity index (χ3n) is 4.33. The van der Waals surface area contributed by atoms with Crippen molar-refractivity contribution in [2.45, 2.75) is 45.1 Å². The summed E-state index contributed by atoms with van der Waals surface area (Å²) in [5.41, 5.74) is 6.04. The van der Waals surface area contributed by atoms with Crippen LogP contribution in [-0.4, -0.2) is 17.1 Å². The first-order valence-corrected chi connectivity index (χ1v) is 5.54. The minimum atomic E-state index is -0.632. The van der Waals surface area contributed by atoms with Gasteiger partial charge < -0.3 is 10.8 Å². The monoisotopic (exact) mass is 197 g/mol. The Balaban J connectivity index is 2.24. The van der Waals surface area contributed by atoms with Crippen LogP contribution < -0.4 is 5.73 Å². The molecule has 0 aromatic rings. The Labute approximate surface area is 84.7 Å². The summed E-state index contributed by atoms with van der Waals surface area (Å²) in [5, 5.41) is 9.19. The van der Waals surface area contributed by atoms with Crippen molar-refractivity contribution >= 4 is 5.97 Å². The van der Waals surface area contributed by atoms with Gasteiger partial charge in [-0.25, -0.2) is 0 Å². The van der Waals surface area contributed by atoms with Crippen molar-refractivity contribution in [1.82, 2.24) is 0 Å². The van der Waals surface area contributed by atoms with Crippen LogP contribution in [0.1, 0.15) is 39.0 Å². The highest BCUT2D eigenvalue weighted by Gasteiger charge is 2.54. The minimum absolute atomic E-state index is 0.0642. The quantitative estimate of drug-likeness (QED) is 0.671. The fourth-order valence-electron chi connectivity index (χ4n) is 3.57. The maximum absolute atomic E-state index is 11.2. The van der Waals surface area contributed by atoms with Gasteiger partial charge in [0.15, 0.2) is 0 Å². The Kier molecular flexibility index (Phi) is 2.30. The standard InChI is InChI=1S/C11H19NO2/c1-7-4-5-11(6-7)8(10(13)14)2-3-9(11)12/h7-9H,2-6,12H2,1H3,(H,13,14). The van der Waals surface area contributed by atoms with Gasteiger partial charge in [-0.05, 0) is 37.0 Å². The van der Waals surface area contributed by atoms with E-state index in [0.29, 0.717) is 5.92 Å². The summed E-state index contributed by atoms with van der Waals surface area (Å²) < 4.78 is 0. The van der Waals surface area contributed by atoms with Crippen LogP contribution in [0.2, 0.25) is 0 Å². The fourth-order valence-corrected chi connectivity index (χ4v) is 3.57. The molecule has 4 atom stereocenters. The smallest absolute Gasteiger partial charge is 0.307 e. The van der Waals surface area contributed by atoms with Gasteiger partial charge in [-0.1, -0.05) is 13.3 Å². The highest BCUT2D eigenvalue weighted by atomic mass is 16.4. The second-order valence-electron chi connectivity index (χ2n) is 5.16. The van der Waals surface area contributed by atoms with Crippen LogP contribution in [0.25, 0.3) is 0 Å². The molecule has 3 N–H and O–H groups in total. The molecule has 0 aromatic carbocycles. The molecule has 0 amide bonds. The molecule has 0 heterocycles. The van der Waals surface area contributed by atoms with E-state index in [-0.39, 0.29) is 17.4 Å². The molecule has 3 nitrogen and oxygen atoms in total. The number of carboxylic acids is 1. The molecule has 0 aliphatic heterocycles. The van der Waals surface area contributed by atoms with Crippen molar-refractivity contribution < 1.29 is 9.90 Å². The molecule has 2 saturated carbocycles. The lowest BCUT2D eigenvalue weighted by atomic mass is 9.73. The maximum Gasteiger partial charge on any atom is 0.307 e. The molecule has 2 aliphatic rings. The van der Waals surface area contributed by atoms with E-state index in [2.05, 4.69) is 6.92 Å². The van der Waals surface area contributed by atoms with E-state index in [9.17, 15) is 9.90 Å². The number of hydrogen-bond donors (Lipinski definition) is 2. The summed E-state index contributed by atoms with van der Waals surface area (Å²) in [4.78, 5) is 11.2. The predicted molar refractivity (Wildman–Crippen MR) is 53.8 cm³/mol. The van der Waals surface area contributed by atoms with Gasteiger partial charge in [-0.2, -0.15) is 0 Å². The molecular weight excluding hydrogens is 178 g/mol. The third kappa shape index (κ3) is 1.26. The highest BCUT2D eigenvalue weighted by Crippen LogP contribution is 2.55. The van der Waals surface area contributed by atoms with Crippen LogP contribution in [0.4, 0.5) is 0 Å². The molecule has 0 saturated heterocycles. The summed E-state index contributed by atoms with van der Waals surface area (Å²) in [6, 6.07) is 0.119. The van der Waals surface area contributed by atoms with Crippen molar-refractivity contribution in [1.29, 1.82) is 0 Å². The summed E-state index contributed by atoms with van der Waals surface area (Å²) >= 11 is 0. The zero-order valence-corrected chi connectivity index (χ0v) is 8.70. The summed E-state index contributed by atoms with van der Waals surface area (Å²) in [5.74, 6) is -0.157. The van der Waals surface area contributed by atoms with E-state index >= 15 is 0 Å². The molecule has 0 radical (unpaired) electrons. The van der Waals surface area contributed by atoms with Gasteiger partial charge in [0.1, 0.15) is 0 Å². The Morgan fingerprint density at radius 3 is 2.64 bits per heavy atom.